The van der Waals surface area contributed by atoms with Gasteiger partial charge >= 0.3 is 11.7 Å². The first-order valence-electron chi connectivity index (χ1n) is 6.71. The fourth-order valence-corrected chi connectivity index (χ4v) is 3.55. The summed E-state index contributed by atoms with van der Waals surface area (Å²) < 4.78 is 32.5. The number of hydrogen-bond acceptors (Lipinski definition) is 6. The lowest BCUT2D eigenvalue weighted by atomic mass is 10.2. The van der Waals surface area contributed by atoms with E-state index in [9.17, 15) is 22.8 Å². The molecule has 2 heterocycles. The van der Waals surface area contributed by atoms with Gasteiger partial charge in [0.25, 0.3) is 5.56 Å². The van der Waals surface area contributed by atoms with Gasteiger partial charge in [-0.25, -0.2) is 13.2 Å². The van der Waals surface area contributed by atoms with Crippen molar-refractivity contribution in [3.05, 3.63) is 39.0 Å². The Balaban J connectivity index is 2.08. The fourth-order valence-electron chi connectivity index (χ4n) is 2.31. The average molecular weight is 339 g/mol. The highest BCUT2D eigenvalue weighted by Crippen LogP contribution is 2.16. The molecule has 1 aliphatic heterocycles. The number of carbonyl (C=O) groups excluding carboxylic acids is 1. The lowest BCUT2D eigenvalue weighted by molar-refractivity contribution is -0.139. The van der Waals surface area contributed by atoms with Crippen LogP contribution in [0, 0.1) is 0 Å². The summed E-state index contributed by atoms with van der Waals surface area (Å²) in [5.41, 5.74) is -0.969. The summed E-state index contributed by atoms with van der Waals surface area (Å²) in [6, 6.07) is 2.81. The van der Waals surface area contributed by atoms with Gasteiger partial charge in [0.2, 0.25) is 10.0 Å². The second kappa shape index (κ2) is 5.32. The van der Waals surface area contributed by atoms with Crippen molar-refractivity contribution in [1.82, 2.24) is 14.3 Å². The van der Waals surface area contributed by atoms with E-state index >= 15 is 0 Å². The zero-order valence-corrected chi connectivity index (χ0v) is 12.8. The molecule has 0 bridgehead atoms. The molecule has 0 unspecified atom stereocenters. The Morgan fingerprint density at radius 1 is 1.30 bits per heavy atom. The molecule has 3 rings (SSSR count). The molecule has 2 aromatic rings. The minimum atomic E-state index is -4.00. The number of benzene rings is 1. The number of rotatable bonds is 3. The Hall–Kier alpha value is -2.46. The van der Waals surface area contributed by atoms with Crippen molar-refractivity contribution in [3.8, 4) is 0 Å². The molecule has 0 amide bonds. The second-order valence-electron chi connectivity index (χ2n) is 5.13. The molecule has 23 heavy (non-hydrogen) atoms. The number of cyclic esters (lactones) is 1. The van der Waals surface area contributed by atoms with Gasteiger partial charge in [-0.3, -0.25) is 14.2 Å². The number of fused-ring (bicyclic) bond motifs is 1. The van der Waals surface area contributed by atoms with Gasteiger partial charge in [0.15, 0.2) is 0 Å². The first-order valence-corrected chi connectivity index (χ1v) is 8.20. The number of nitrogens with one attached hydrogen (secondary N) is 2. The highest BCUT2D eigenvalue weighted by Gasteiger charge is 2.31. The third kappa shape index (κ3) is 2.66. The summed E-state index contributed by atoms with van der Waals surface area (Å²) in [6.07, 6.45) is 0.251. The van der Waals surface area contributed by atoms with E-state index in [1.165, 1.54) is 19.2 Å². The van der Waals surface area contributed by atoms with E-state index in [1.54, 1.807) is 0 Å². The van der Waals surface area contributed by atoms with Crippen LogP contribution in [-0.2, 0) is 26.6 Å². The van der Waals surface area contributed by atoms with Crippen molar-refractivity contribution in [3.63, 3.8) is 0 Å². The average Bonchev–Trinajstić information content (AvgIpc) is 2.89. The maximum Gasteiger partial charge on any atom is 0.328 e. The zero-order chi connectivity index (χ0) is 16.8. The number of nitrogens with zero attached hydrogens (tertiary/aromatic N) is 1. The number of aromatic amines is 1. The first kappa shape index (κ1) is 15.4. The van der Waals surface area contributed by atoms with E-state index in [0.717, 1.165) is 10.6 Å². The number of ether oxygens (including phenoxy) is 1. The van der Waals surface area contributed by atoms with Gasteiger partial charge in [0.1, 0.15) is 6.04 Å². The van der Waals surface area contributed by atoms with Gasteiger partial charge in [-0.05, 0) is 18.2 Å². The smallest absolute Gasteiger partial charge is 0.328 e. The van der Waals surface area contributed by atoms with Gasteiger partial charge in [0.05, 0.1) is 22.4 Å². The summed E-state index contributed by atoms with van der Waals surface area (Å²) in [5.74, 6) is -0.630. The van der Waals surface area contributed by atoms with Gasteiger partial charge in [0, 0.05) is 13.5 Å². The third-order valence-corrected chi connectivity index (χ3v) is 5.08. The molecule has 1 aromatic carbocycles. The molecular formula is C13H13N3O6S. The molecule has 1 fully saturated rings. The van der Waals surface area contributed by atoms with Crippen LogP contribution in [0.3, 0.4) is 0 Å². The number of sulfonamides is 1. The number of aromatic nitrogens is 2. The van der Waals surface area contributed by atoms with Crippen molar-refractivity contribution < 1.29 is 17.9 Å². The van der Waals surface area contributed by atoms with Crippen LogP contribution in [0.4, 0.5) is 0 Å². The van der Waals surface area contributed by atoms with Crippen LogP contribution in [0.25, 0.3) is 10.9 Å². The van der Waals surface area contributed by atoms with Crippen molar-refractivity contribution in [1.29, 1.82) is 0 Å². The molecule has 0 saturated carbocycles. The SMILES string of the molecule is Cn1c(=O)[nH]c2ccc(S(=O)(=O)N[C@H]3CCOC3=O)cc2c1=O. The summed E-state index contributed by atoms with van der Waals surface area (Å²) in [6.45, 7) is 0.158. The van der Waals surface area contributed by atoms with Crippen LogP contribution in [-0.4, -0.2) is 36.6 Å². The van der Waals surface area contributed by atoms with Gasteiger partial charge in [-0.1, -0.05) is 0 Å². The molecule has 122 valence electrons. The summed E-state index contributed by atoms with van der Waals surface area (Å²) >= 11 is 0. The Bertz CT molecular complexity index is 1020. The number of carbonyl (C=O) groups is 1. The number of H-pyrrole nitrogens is 1. The number of hydrogen-bond donors (Lipinski definition) is 2. The van der Waals surface area contributed by atoms with Gasteiger partial charge in [-0.15, -0.1) is 0 Å². The van der Waals surface area contributed by atoms with Gasteiger partial charge < -0.3 is 9.72 Å². The Morgan fingerprint density at radius 3 is 2.70 bits per heavy atom. The van der Waals surface area contributed by atoms with E-state index < -0.39 is 33.3 Å². The molecule has 1 saturated heterocycles. The standard InChI is InChI=1S/C13H13N3O6S/c1-16-11(17)8-6-7(2-3-9(8)14-13(16)19)23(20,21)15-10-4-5-22-12(10)18/h2-3,6,10,15H,4-5H2,1H3,(H,14,19)/t10-/m0/s1. The molecule has 9 nitrogen and oxygen atoms in total. The highest BCUT2D eigenvalue weighted by atomic mass is 32.2. The normalized spacial score (nSPS) is 18.3. The molecule has 1 atom stereocenters. The largest absolute Gasteiger partial charge is 0.464 e. The summed E-state index contributed by atoms with van der Waals surface area (Å²) in [4.78, 5) is 37.3. The lowest BCUT2D eigenvalue weighted by Gasteiger charge is -2.10. The van der Waals surface area contributed by atoms with Crippen LogP contribution in [0.15, 0.2) is 32.7 Å². The molecule has 10 heteroatoms. The van der Waals surface area contributed by atoms with Crippen LogP contribution < -0.4 is 16.0 Å². The van der Waals surface area contributed by atoms with Crippen molar-refractivity contribution in [2.24, 2.45) is 7.05 Å². The third-order valence-electron chi connectivity index (χ3n) is 3.62. The fraction of sp³-hybridized carbons (Fsp3) is 0.308. The predicted octanol–water partition coefficient (Wildman–Crippen LogP) is -1.18. The molecule has 0 spiro atoms. The minimum Gasteiger partial charge on any atom is -0.464 e. The molecule has 1 aliphatic rings. The van der Waals surface area contributed by atoms with Gasteiger partial charge in [-0.2, -0.15) is 4.72 Å². The predicted molar refractivity (Wildman–Crippen MR) is 79.5 cm³/mol. The Morgan fingerprint density at radius 2 is 2.04 bits per heavy atom. The lowest BCUT2D eigenvalue weighted by Crippen LogP contribution is -2.38. The molecule has 0 aliphatic carbocycles. The monoisotopic (exact) mass is 339 g/mol. The van der Waals surface area contributed by atoms with Crippen molar-refractivity contribution >= 4 is 26.9 Å². The molecule has 0 radical (unpaired) electrons. The topological polar surface area (TPSA) is 127 Å². The quantitative estimate of drug-likeness (QED) is 0.678. The minimum absolute atomic E-state index is 0.0592. The zero-order valence-electron chi connectivity index (χ0n) is 12.0. The van der Waals surface area contributed by atoms with E-state index in [2.05, 4.69) is 9.71 Å². The first-order chi connectivity index (χ1) is 10.8. The van der Waals surface area contributed by atoms with Crippen molar-refractivity contribution in [2.75, 3.05) is 6.61 Å². The summed E-state index contributed by atoms with van der Waals surface area (Å²) in [5, 5.41) is 0.0592. The summed E-state index contributed by atoms with van der Waals surface area (Å²) in [7, 11) is -2.71. The van der Waals surface area contributed by atoms with Crippen LogP contribution in [0.2, 0.25) is 0 Å². The molecular weight excluding hydrogens is 326 g/mol. The molecule has 2 N–H and O–H groups in total. The van der Waals surface area contributed by atoms with E-state index in [1.807, 2.05) is 0 Å². The van der Waals surface area contributed by atoms with Crippen LogP contribution in [0.5, 0.6) is 0 Å². The van der Waals surface area contributed by atoms with Crippen LogP contribution in [0.1, 0.15) is 6.42 Å². The number of esters is 1. The van der Waals surface area contributed by atoms with Crippen molar-refractivity contribution in [2.45, 2.75) is 17.4 Å². The van der Waals surface area contributed by atoms with E-state index in [0.29, 0.717) is 0 Å². The Kier molecular flexibility index (Phi) is 3.57. The highest BCUT2D eigenvalue weighted by molar-refractivity contribution is 7.89. The Labute approximate surface area is 129 Å². The maximum atomic E-state index is 12.3. The van der Waals surface area contributed by atoms with E-state index in [4.69, 9.17) is 4.74 Å². The van der Waals surface area contributed by atoms with E-state index in [-0.39, 0.29) is 28.8 Å². The molecule has 1 aromatic heterocycles. The van der Waals surface area contributed by atoms with Crippen LogP contribution >= 0.6 is 0 Å². The second-order valence-corrected chi connectivity index (χ2v) is 6.85. The maximum absolute atomic E-state index is 12.3.